The number of methoxy groups -OCH3 is 1. The fourth-order valence-electron chi connectivity index (χ4n) is 3.19. The molecule has 0 aliphatic heterocycles. The van der Waals surface area contributed by atoms with Gasteiger partial charge in [-0.3, -0.25) is 0 Å². The van der Waals surface area contributed by atoms with Crippen LogP contribution in [0.2, 0.25) is 0 Å². The number of nitrogens with one attached hydrogen (secondary N) is 1. The summed E-state index contributed by atoms with van der Waals surface area (Å²) in [6, 6.07) is 12.5. The first-order chi connectivity index (χ1) is 13.1. The Kier molecular flexibility index (Phi) is 7.57. The second-order valence-corrected chi connectivity index (χ2v) is 9.16. The number of hydrogen-bond donors (Lipinski definition) is 1. The van der Waals surface area contributed by atoms with E-state index < -0.39 is 22.0 Å². The lowest BCUT2D eigenvalue weighted by Gasteiger charge is -2.19. The Bertz CT molecular complexity index is 962. The molecule has 0 aliphatic rings. The molecule has 2 rings (SSSR count). The molecule has 0 heterocycles. The molecule has 0 fully saturated rings. The average Bonchev–Trinajstić information content (AvgIpc) is 2.60. The van der Waals surface area contributed by atoms with Crippen molar-refractivity contribution in [2.45, 2.75) is 38.1 Å². The molecule has 150 valence electrons. The first-order valence-corrected chi connectivity index (χ1v) is 11.0. The molecule has 28 heavy (non-hydrogen) atoms. The standard InChI is InChI=1S/C21H24BrNO4S/c1-14-10-15(2)20(16(3)11-14)28(25,26)23-18(13-19(22)21(24)27-4)12-17-8-6-5-7-9-17/h5-11,13,18,23H,12H2,1-4H3/b19-13-/t18-/m0/s1. The van der Waals surface area contributed by atoms with Gasteiger partial charge in [0.15, 0.2) is 0 Å². The molecule has 0 amide bonds. The predicted octanol–water partition coefficient (Wildman–Crippen LogP) is 3.95. The van der Waals surface area contributed by atoms with Crippen molar-refractivity contribution in [3.05, 3.63) is 75.3 Å². The minimum Gasteiger partial charge on any atom is -0.465 e. The molecule has 2 aromatic rings. The predicted molar refractivity (Wildman–Crippen MR) is 114 cm³/mol. The van der Waals surface area contributed by atoms with Crippen molar-refractivity contribution in [2.24, 2.45) is 0 Å². The first kappa shape index (κ1) is 22.3. The van der Waals surface area contributed by atoms with E-state index in [1.54, 1.807) is 13.8 Å². The molecule has 0 spiro atoms. The van der Waals surface area contributed by atoms with E-state index >= 15 is 0 Å². The van der Waals surface area contributed by atoms with Gasteiger partial charge in [0.05, 0.1) is 12.0 Å². The van der Waals surface area contributed by atoms with Gasteiger partial charge in [0, 0.05) is 6.04 Å². The molecule has 0 saturated carbocycles. The minimum absolute atomic E-state index is 0.163. The third-order valence-corrected chi connectivity index (χ3v) is 6.59. The van der Waals surface area contributed by atoms with Crippen LogP contribution < -0.4 is 4.72 Å². The Balaban J connectivity index is 2.42. The molecule has 0 aromatic heterocycles. The zero-order valence-electron chi connectivity index (χ0n) is 16.3. The highest BCUT2D eigenvalue weighted by Gasteiger charge is 2.24. The molecule has 0 radical (unpaired) electrons. The lowest BCUT2D eigenvalue weighted by atomic mass is 10.1. The molecular weight excluding hydrogens is 442 g/mol. The van der Waals surface area contributed by atoms with Gasteiger partial charge in [-0.25, -0.2) is 17.9 Å². The molecule has 0 unspecified atom stereocenters. The highest BCUT2D eigenvalue weighted by atomic mass is 79.9. The Labute approximate surface area is 175 Å². The van der Waals surface area contributed by atoms with Crippen LogP contribution in [-0.4, -0.2) is 27.5 Å². The minimum atomic E-state index is -3.80. The molecule has 0 aliphatic carbocycles. The number of aryl methyl sites for hydroxylation is 3. The van der Waals surface area contributed by atoms with Crippen molar-refractivity contribution in [3.63, 3.8) is 0 Å². The van der Waals surface area contributed by atoms with Gasteiger partial charge in [-0.1, -0.05) is 48.0 Å². The highest BCUT2D eigenvalue weighted by molar-refractivity contribution is 9.12. The van der Waals surface area contributed by atoms with E-state index in [-0.39, 0.29) is 9.38 Å². The largest absolute Gasteiger partial charge is 0.465 e. The maximum atomic E-state index is 13.1. The number of benzene rings is 2. The number of carbonyl (C=O) groups is 1. The third-order valence-electron chi connectivity index (χ3n) is 4.21. The van der Waals surface area contributed by atoms with Crippen LogP contribution in [-0.2, 0) is 26.0 Å². The Hall–Kier alpha value is -1.96. The Morgan fingerprint density at radius 3 is 2.25 bits per heavy atom. The summed E-state index contributed by atoms with van der Waals surface area (Å²) in [6.45, 7) is 5.49. The van der Waals surface area contributed by atoms with Crippen molar-refractivity contribution in [1.82, 2.24) is 4.72 Å². The molecule has 7 heteroatoms. The average molecular weight is 466 g/mol. The molecular formula is C21H24BrNO4S. The first-order valence-electron chi connectivity index (χ1n) is 8.73. The number of ether oxygens (including phenoxy) is 1. The zero-order valence-corrected chi connectivity index (χ0v) is 18.7. The lowest BCUT2D eigenvalue weighted by Crippen LogP contribution is -2.36. The maximum absolute atomic E-state index is 13.1. The molecule has 5 nitrogen and oxygen atoms in total. The van der Waals surface area contributed by atoms with Crippen LogP contribution in [0.1, 0.15) is 22.3 Å². The van der Waals surface area contributed by atoms with Crippen molar-refractivity contribution < 1.29 is 17.9 Å². The second kappa shape index (κ2) is 9.49. The Morgan fingerprint density at radius 2 is 1.71 bits per heavy atom. The maximum Gasteiger partial charge on any atom is 0.344 e. The van der Waals surface area contributed by atoms with E-state index in [0.717, 1.165) is 11.1 Å². The van der Waals surface area contributed by atoms with Crippen LogP contribution in [0.5, 0.6) is 0 Å². The number of hydrogen-bond acceptors (Lipinski definition) is 4. The van der Waals surface area contributed by atoms with Crippen molar-refractivity contribution >= 4 is 31.9 Å². The topological polar surface area (TPSA) is 72.5 Å². The molecule has 1 N–H and O–H groups in total. The second-order valence-electron chi connectivity index (χ2n) is 6.65. The normalized spacial score (nSPS) is 13.2. The van der Waals surface area contributed by atoms with Gasteiger partial charge in [-0.2, -0.15) is 0 Å². The SMILES string of the molecule is COC(=O)/C(Br)=C/[C@H](Cc1ccccc1)NS(=O)(=O)c1c(C)cc(C)cc1C. The van der Waals surface area contributed by atoms with Crippen LogP contribution >= 0.6 is 15.9 Å². The number of rotatable bonds is 7. The van der Waals surface area contributed by atoms with E-state index in [0.29, 0.717) is 17.5 Å². The molecule has 0 saturated heterocycles. The smallest absolute Gasteiger partial charge is 0.344 e. The lowest BCUT2D eigenvalue weighted by molar-refractivity contribution is -0.135. The van der Waals surface area contributed by atoms with Crippen molar-refractivity contribution in [3.8, 4) is 0 Å². The van der Waals surface area contributed by atoms with Crippen molar-refractivity contribution in [2.75, 3.05) is 7.11 Å². The van der Waals surface area contributed by atoms with Crippen LogP contribution in [0, 0.1) is 20.8 Å². The summed E-state index contributed by atoms with van der Waals surface area (Å²) in [5.41, 5.74) is 3.30. The van der Waals surface area contributed by atoms with Gasteiger partial charge in [0.25, 0.3) is 0 Å². The third kappa shape index (κ3) is 5.77. The fourth-order valence-corrected chi connectivity index (χ4v) is 5.31. The molecule has 2 aromatic carbocycles. The highest BCUT2D eigenvalue weighted by Crippen LogP contribution is 2.23. The van der Waals surface area contributed by atoms with Crippen LogP contribution in [0.15, 0.2) is 57.9 Å². The molecule has 1 atom stereocenters. The van der Waals surface area contributed by atoms with Crippen molar-refractivity contribution in [1.29, 1.82) is 0 Å². The van der Waals surface area contributed by atoms with E-state index in [4.69, 9.17) is 4.74 Å². The number of esters is 1. The van der Waals surface area contributed by atoms with E-state index in [1.165, 1.54) is 13.2 Å². The van der Waals surface area contributed by atoms with E-state index in [9.17, 15) is 13.2 Å². The summed E-state index contributed by atoms with van der Waals surface area (Å²) >= 11 is 3.17. The quantitative estimate of drug-likeness (QED) is 0.496. The fraction of sp³-hybridized carbons (Fsp3) is 0.286. The van der Waals surface area contributed by atoms with Gasteiger partial charge >= 0.3 is 5.97 Å². The summed E-state index contributed by atoms with van der Waals surface area (Å²) in [6.07, 6.45) is 1.91. The van der Waals surface area contributed by atoms with E-state index in [1.807, 2.05) is 49.4 Å². The summed E-state index contributed by atoms with van der Waals surface area (Å²) in [7, 11) is -2.53. The van der Waals surface area contributed by atoms with Gasteiger partial charge in [0.2, 0.25) is 10.0 Å². The zero-order chi connectivity index (χ0) is 20.9. The van der Waals surface area contributed by atoms with Gasteiger partial charge in [0.1, 0.15) is 4.48 Å². The number of sulfonamides is 1. The number of carbonyl (C=O) groups excluding carboxylic acids is 1. The monoisotopic (exact) mass is 465 g/mol. The number of halogens is 1. The van der Waals surface area contributed by atoms with Crippen LogP contribution in [0.3, 0.4) is 0 Å². The Morgan fingerprint density at radius 1 is 1.14 bits per heavy atom. The van der Waals surface area contributed by atoms with Gasteiger partial charge in [-0.15, -0.1) is 0 Å². The summed E-state index contributed by atoms with van der Waals surface area (Å²) in [5, 5.41) is 0. The summed E-state index contributed by atoms with van der Waals surface area (Å²) in [5.74, 6) is -0.569. The summed E-state index contributed by atoms with van der Waals surface area (Å²) < 4.78 is 33.9. The summed E-state index contributed by atoms with van der Waals surface area (Å²) in [4.78, 5) is 12.0. The molecule has 0 bridgehead atoms. The van der Waals surface area contributed by atoms with Crippen LogP contribution in [0.4, 0.5) is 0 Å². The van der Waals surface area contributed by atoms with Crippen LogP contribution in [0.25, 0.3) is 0 Å². The van der Waals surface area contributed by atoms with E-state index in [2.05, 4.69) is 20.7 Å². The van der Waals surface area contributed by atoms with Gasteiger partial charge < -0.3 is 4.74 Å². The van der Waals surface area contributed by atoms with Gasteiger partial charge in [-0.05, 0) is 65.9 Å².